The molecule has 0 radical (unpaired) electrons. The first kappa shape index (κ1) is 14.3. The molecule has 1 aromatic carbocycles. The fourth-order valence-corrected chi connectivity index (χ4v) is 1.14. The van der Waals surface area contributed by atoms with Crippen molar-refractivity contribution in [1.29, 1.82) is 0 Å². The molecular formula is C10H9F5O3. The molecule has 0 amide bonds. The van der Waals surface area contributed by atoms with Crippen molar-refractivity contribution in [3.63, 3.8) is 0 Å². The molecule has 0 fully saturated rings. The Kier molecular flexibility index (Phi) is 4.57. The highest BCUT2D eigenvalue weighted by atomic mass is 19.4. The Hall–Kier alpha value is -1.73. The second-order valence-electron chi connectivity index (χ2n) is 2.97. The summed E-state index contributed by atoms with van der Waals surface area (Å²) in [7, 11) is 0. The van der Waals surface area contributed by atoms with E-state index in [0.29, 0.717) is 0 Å². The van der Waals surface area contributed by atoms with E-state index >= 15 is 0 Å². The molecule has 0 aromatic heterocycles. The molecule has 0 aliphatic carbocycles. The molecule has 0 aliphatic rings. The van der Waals surface area contributed by atoms with Crippen molar-refractivity contribution >= 4 is 0 Å². The summed E-state index contributed by atoms with van der Waals surface area (Å²) in [5, 5.41) is 0. The summed E-state index contributed by atoms with van der Waals surface area (Å²) in [6, 6.07) is 2.67. The maximum Gasteiger partial charge on any atom is 0.573 e. The highest BCUT2D eigenvalue weighted by molar-refractivity contribution is 5.45. The number of hydrogen-bond acceptors (Lipinski definition) is 3. The highest BCUT2D eigenvalue weighted by Crippen LogP contribution is 2.35. The van der Waals surface area contributed by atoms with Crippen LogP contribution in [0.25, 0.3) is 0 Å². The minimum Gasteiger partial charge on any atom is -0.490 e. The highest BCUT2D eigenvalue weighted by Gasteiger charge is 2.32. The molecule has 1 rings (SSSR count). The average Bonchev–Trinajstić information content (AvgIpc) is 2.19. The maximum atomic E-state index is 12.0. The standard InChI is InChI=1S/C10H9F5O3/c1-2-16-8-5-6(17-9(11)12)3-4-7(8)18-10(13,14)15/h3-5,9H,2H2,1H3. The smallest absolute Gasteiger partial charge is 0.490 e. The SMILES string of the molecule is CCOc1cc(OC(F)F)ccc1OC(F)(F)F. The Bertz CT molecular complexity index is 392. The van der Waals surface area contributed by atoms with E-state index in [1.54, 1.807) is 0 Å². The van der Waals surface area contributed by atoms with Gasteiger partial charge in [-0.25, -0.2) is 0 Å². The second kappa shape index (κ2) is 5.74. The van der Waals surface area contributed by atoms with Crippen LogP contribution in [-0.4, -0.2) is 19.6 Å². The van der Waals surface area contributed by atoms with Gasteiger partial charge in [0.25, 0.3) is 0 Å². The number of hydrogen-bond donors (Lipinski definition) is 0. The monoisotopic (exact) mass is 272 g/mol. The van der Waals surface area contributed by atoms with Gasteiger partial charge in [-0.3, -0.25) is 0 Å². The van der Waals surface area contributed by atoms with Crippen LogP contribution in [-0.2, 0) is 0 Å². The van der Waals surface area contributed by atoms with Crippen LogP contribution in [0, 0.1) is 0 Å². The van der Waals surface area contributed by atoms with E-state index in [-0.39, 0.29) is 18.1 Å². The average molecular weight is 272 g/mol. The van der Waals surface area contributed by atoms with Gasteiger partial charge in [0, 0.05) is 6.07 Å². The summed E-state index contributed by atoms with van der Waals surface area (Å²) in [4.78, 5) is 0. The van der Waals surface area contributed by atoms with Crippen molar-refractivity contribution in [2.75, 3.05) is 6.61 Å². The third-order valence-electron chi connectivity index (χ3n) is 1.67. The molecule has 1 aromatic rings. The van der Waals surface area contributed by atoms with Crippen LogP contribution >= 0.6 is 0 Å². The third-order valence-corrected chi connectivity index (χ3v) is 1.67. The Morgan fingerprint density at radius 1 is 1.17 bits per heavy atom. The first-order chi connectivity index (χ1) is 8.31. The van der Waals surface area contributed by atoms with Gasteiger partial charge >= 0.3 is 13.0 Å². The van der Waals surface area contributed by atoms with E-state index in [9.17, 15) is 22.0 Å². The molecule has 0 saturated heterocycles. The topological polar surface area (TPSA) is 27.7 Å². The lowest BCUT2D eigenvalue weighted by Gasteiger charge is -2.14. The van der Waals surface area contributed by atoms with E-state index in [0.717, 1.165) is 18.2 Å². The molecule has 3 nitrogen and oxygen atoms in total. The molecular weight excluding hydrogens is 263 g/mol. The predicted octanol–water partition coefficient (Wildman–Crippen LogP) is 3.59. The Labute approximate surface area is 99.1 Å². The van der Waals surface area contributed by atoms with Gasteiger partial charge in [-0.05, 0) is 19.1 Å². The third kappa shape index (κ3) is 4.64. The van der Waals surface area contributed by atoms with Crippen LogP contribution in [0.15, 0.2) is 18.2 Å². The molecule has 0 spiro atoms. The van der Waals surface area contributed by atoms with Crippen molar-refractivity contribution in [1.82, 2.24) is 0 Å². The Morgan fingerprint density at radius 3 is 2.33 bits per heavy atom. The van der Waals surface area contributed by atoms with Crippen LogP contribution < -0.4 is 14.2 Å². The largest absolute Gasteiger partial charge is 0.573 e. The van der Waals surface area contributed by atoms with Gasteiger partial charge in [-0.1, -0.05) is 0 Å². The van der Waals surface area contributed by atoms with Gasteiger partial charge in [-0.2, -0.15) is 8.78 Å². The van der Waals surface area contributed by atoms with Gasteiger partial charge < -0.3 is 14.2 Å². The first-order valence-electron chi connectivity index (χ1n) is 4.79. The van der Waals surface area contributed by atoms with Gasteiger partial charge in [0.2, 0.25) is 0 Å². The van der Waals surface area contributed by atoms with Crippen LogP contribution in [0.2, 0.25) is 0 Å². The summed E-state index contributed by atoms with van der Waals surface area (Å²) < 4.78 is 72.6. The molecule has 8 heteroatoms. The number of ether oxygens (including phenoxy) is 3. The minimum atomic E-state index is -4.89. The molecule has 0 saturated carbocycles. The van der Waals surface area contributed by atoms with E-state index in [2.05, 4.69) is 9.47 Å². The second-order valence-corrected chi connectivity index (χ2v) is 2.97. The molecule has 18 heavy (non-hydrogen) atoms. The van der Waals surface area contributed by atoms with E-state index < -0.39 is 18.7 Å². The molecule has 0 bridgehead atoms. The lowest BCUT2D eigenvalue weighted by Crippen LogP contribution is -2.17. The summed E-state index contributed by atoms with van der Waals surface area (Å²) in [6.45, 7) is -1.50. The Morgan fingerprint density at radius 2 is 1.83 bits per heavy atom. The molecule has 0 unspecified atom stereocenters. The molecule has 0 atom stereocenters. The van der Waals surface area contributed by atoms with Crippen molar-refractivity contribution in [3.05, 3.63) is 18.2 Å². The van der Waals surface area contributed by atoms with Crippen molar-refractivity contribution in [3.8, 4) is 17.2 Å². The predicted molar refractivity (Wildman–Crippen MR) is 50.9 cm³/mol. The van der Waals surface area contributed by atoms with E-state index in [4.69, 9.17) is 4.74 Å². The zero-order chi connectivity index (χ0) is 13.8. The number of benzene rings is 1. The van der Waals surface area contributed by atoms with Crippen molar-refractivity contribution in [2.45, 2.75) is 19.9 Å². The summed E-state index contributed by atoms with van der Waals surface area (Å²) >= 11 is 0. The van der Waals surface area contributed by atoms with Gasteiger partial charge in [0.15, 0.2) is 11.5 Å². The molecule has 0 heterocycles. The van der Waals surface area contributed by atoms with E-state index in [1.807, 2.05) is 0 Å². The normalized spacial score (nSPS) is 11.5. The fourth-order valence-electron chi connectivity index (χ4n) is 1.14. The minimum absolute atomic E-state index is 0.0480. The zero-order valence-electron chi connectivity index (χ0n) is 9.13. The zero-order valence-corrected chi connectivity index (χ0v) is 9.13. The fraction of sp³-hybridized carbons (Fsp3) is 0.400. The van der Waals surface area contributed by atoms with Crippen molar-refractivity contribution in [2.24, 2.45) is 0 Å². The quantitative estimate of drug-likeness (QED) is 0.767. The van der Waals surface area contributed by atoms with Crippen LogP contribution in [0.3, 0.4) is 0 Å². The van der Waals surface area contributed by atoms with Crippen LogP contribution in [0.4, 0.5) is 22.0 Å². The van der Waals surface area contributed by atoms with Gasteiger partial charge in [0.05, 0.1) is 6.61 Å². The van der Waals surface area contributed by atoms with E-state index in [1.165, 1.54) is 6.92 Å². The maximum absolute atomic E-state index is 12.0. The van der Waals surface area contributed by atoms with Crippen LogP contribution in [0.5, 0.6) is 17.2 Å². The van der Waals surface area contributed by atoms with Crippen LogP contribution in [0.1, 0.15) is 6.92 Å². The van der Waals surface area contributed by atoms with Crippen molar-refractivity contribution < 1.29 is 36.2 Å². The summed E-state index contributed by atoms with van der Waals surface area (Å²) in [5.74, 6) is -1.26. The number of alkyl halides is 5. The summed E-state index contributed by atoms with van der Waals surface area (Å²) in [5.41, 5.74) is 0. The molecule has 102 valence electrons. The molecule has 0 N–H and O–H groups in total. The number of halogens is 5. The first-order valence-corrected chi connectivity index (χ1v) is 4.79. The molecule has 0 aliphatic heterocycles. The number of rotatable bonds is 5. The summed E-state index contributed by atoms with van der Waals surface area (Å²) in [6.07, 6.45) is -4.89. The Balaban J connectivity index is 2.96. The van der Waals surface area contributed by atoms with Gasteiger partial charge in [-0.15, -0.1) is 13.2 Å². The van der Waals surface area contributed by atoms with Gasteiger partial charge in [0.1, 0.15) is 5.75 Å². The lowest BCUT2D eigenvalue weighted by atomic mass is 10.3. The lowest BCUT2D eigenvalue weighted by molar-refractivity contribution is -0.275.